The van der Waals surface area contributed by atoms with Crippen LogP contribution in [0.2, 0.25) is 0 Å². The summed E-state index contributed by atoms with van der Waals surface area (Å²) in [5.74, 6) is 1.19. The maximum atomic E-state index is 13.9. The van der Waals surface area contributed by atoms with Crippen LogP contribution in [0, 0.1) is 11.7 Å². The first kappa shape index (κ1) is 17.9. The first-order chi connectivity index (χ1) is 12.0. The second-order valence-corrected chi connectivity index (χ2v) is 7.60. The molecule has 1 aromatic heterocycles. The van der Waals surface area contributed by atoms with Gasteiger partial charge in [0.05, 0.1) is 11.3 Å². The highest BCUT2D eigenvalue weighted by molar-refractivity contribution is 7.99. The Morgan fingerprint density at radius 1 is 1.28 bits per heavy atom. The number of aromatic nitrogens is 3. The highest BCUT2D eigenvalue weighted by Gasteiger charge is 2.20. The van der Waals surface area contributed by atoms with E-state index < -0.39 is 0 Å². The molecule has 1 aromatic carbocycles. The highest BCUT2D eigenvalue weighted by Crippen LogP contribution is 2.25. The normalized spacial score (nSPS) is 20.4. The van der Waals surface area contributed by atoms with E-state index in [1.165, 1.54) is 30.7 Å². The van der Waals surface area contributed by atoms with Gasteiger partial charge in [0.15, 0.2) is 11.0 Å². The standard InChI is InChI=1S/C18H23FN4OS/c1-12-7-9-13(10-8-12)20-16(24)11-25-18-22-21-17(23(18)2)14-5-3-4-6-15(14)19/h3-6,12-13H,7-11H2,1-2H3,(H,20,24). The van der Waals surface area contributed by atoms with Crippen LogP contribution in [0.1, 0.15) is 32.6 Å². The van der Waals surface area contributed by atoms with Gasteiger partial charge in [-0.2, -0.15) is 0 Å². The van der Waals surface area contributed by atoms with E-state index in [9.17, 15) is 9.18 Å². The van der Waals surface area contributed by atoms with Crippen LogP contribution in [0.3, 0.4) is 0 Å². The van der Waals surface area contributed by atoms with Crippen molar-refractivity contribution in [3.8, 4) is 11.4 Å². The Morgan fingerprint density at radius 3 is 2.72 bits per heavy atom. The smallest absolute Gasteiger partial charge is 0.230 e. The first-order valence-electron chi connectivity index (χ1n) is 8.61. The van der Waals surface area contributed by atoms with Crippen molar-refractivity contribution in [1.29, 1.82) is 0 Å². The van der Waals surface area contributed by atoms with Crippen LogP contribution in [-0.2, 0) is 11.8 Å². The van der Waals surface area contributed by atoms with Crippen LogP contribution in [-0.4, -0.2) is 32.5 Å². The topological polar surface area (TPSA) is 59.8 Å². The summed E-state index contributed by atoms with van der Waals surface area (Å²) in [6, 6.07) is 6.76. The van der Waals surface area contributed by atoms with Gasteiger partial charge in [-0.15, -0.1) is 10.2 Å². The van der Waals surface area contributed by atoms with Crippen LogP contribution < -0.4 is 5.32 Å². The molecule has 1 aliphatic carbocycles. The van der Waals surface area contributed by atoms with Gasteiger partial charge in [-0.3, -0.25) is 4.79 Å². The summed E-state index contributed by atoms with van der Waals surface area (Å²) in [7, 11) is 1.78. The predicted molar refractivity (Wildman–Crippen MR) is 96.7 cm³/mol. The van der Waals surface area contributed by atoms with Crippen molar-refractivity contribution in [2.75, 3.05) is 5.75 Å². The molecule has 1 heterocycles. The molecule has 0 radical (unpaired) electrons. The van der Waals surface area contributed by atoms with Crippen molar-refractivity contribution in [1.82, 2.24) is 20.1 Å². The minimum Gasteiger partial charge on any atom is -0.353 e. The summed E-state index contributed by atoms with van der Waals surface area (Å²) >= 11 is 1.32. The van der Waals surface area contributed by atoms with Crippen molar-refractivity contribution in [3.63, 3.8) is 0 Å². The molecule has 1 saturated carbocycles. The lowest BCUT2D eigenvalue weighted by Crippen LogP contribution is -2.38. The number of carbonyl (C=O) groups excluding carboxylic acids is 1. The van der Waals surface area contributed by atoms with E-state index >= 15 is 0 Å². The molecule has 0 atom stereocenters. The van der Waals surface area contributed by atoms with Gasteiger partial charge in [-0.05, 0) is 43.7 Å². The zero-order chi connectivity index (χ0) is 17.8. The average molecular weight is 362 g/mol. The molecule has 3 rings (SSSR count). The third-order valence-corrected chi connectivity index (χ3v) is 5.68. The molecule has 1 N–H and O–H groups in total. The molecule has 7 heteroatoms. The van der Waals surface area contributed by atoms with Crippen LogP contribution in [0.5, 0.6) is 0 Å². The van der Waals surface area contributed by atoms with E-state index in [0.717, 1.165) is 18.8 Å². The predicted octanol–water partition coefficient (Wildman–Crippen LogP) is 3.41. The Kier molecular flexibility index (Phi) is 5.73. The molecule has 0 aliphatic heterocycles. The lowest BCUT2D eigenvalue weighted by molar-refractivity contribution is -0.119. The molecule has 0 unspecified atom stereocenters. The quantitative estimate of drug-likeness (QED) is 0.828. The number of hydrogen-bond donors (Lipinski definition) is 1. The van der Waals surface area contributed by atoms with Gasteiger partial charge in [0.2, 0.25) is 5.91 Å². The summed E-state index contributed by atoms with van der Waals surface area (Å²) in [4.78, 5) is 12.2. The van der Waals surface area contributed by atoms with Crippen molar-refractivity contribution >= 4 is 17.7 Å². The second kappa shape index (κ2) is 7.99. The van der Waals surface area contributed by atoms with E-state index in [-0.39, 0.29) is 23.5 Å². The Hall–Kier alpha value is -1.89. The number of rotatable bonds is 5. The molecular weight excluding hydrogens is 339 g/mol. The van der Waals surface area contributed by atoms with Gasteiger partial charge >= 0.3 is 0 Å². The third-order valence-electron chi connectivity index (χ3n) is 4.66. The van der Waals surface area contributed by atoms with Crippen molar-refractivity contribution in [3.05, 3.63) is 30.1 Å². The number of halogens is 1. The van der Waals surface area contributed by atoms with Crippen LogP contribution in [0.4, 0.5) is 4.39 Å². The molecular formula is C18H23FN4OS. The van der Waals surface area contributed by atoms with E-state index in [1.807, 2.05) is 0 Å². The summed E-state index contributed by atoms with van der Waals surface area (Å²) < 4.78 is 15.6. The zero-order valence-corrected chi connectivity index (χ0v) is 15.4. The number of carbonyl (C=O) groups is 1. The van der Waals surface area contributed by atoms with Crippen LogP contribution in [0.15, 0.2) is 29.4 Å². The van der Waals surface area contributed by atoms with Gasteiger partial charge in [-0.25, -0.2) is 4.39 Å². The Balaban J connectivity index is 1.57. The van der Waals surface area contributed by atoms with Gasteiger partial charge in [0, 0.05) is 13.1 Å². The zero-order valence-electron chi connectivity index (χ0n) is 14.5. The van der Waals surface area contributed by atoms with E-state index in [2.05, 4.69) is 22.4 Å². The summed E-state index contributed by atoms with van der Waals surface area (Å²) in [5.41, 5.74) is 0.408. The lowest BCUT2D eigenvalue weighted by Gasteiger charge is -2.26. The van der Waals surface area contributed by atoms with E-state index in [0.29, 0.717) is 16.5 Å². The third kappa shape index (κ3) is 4.39. The van der Waals surface area contributed by atoms with Gasteiger partial charge < -0.3 is 9.88 Å². The van der Waals surface area contributed by atoms with Crippen molar-refractivity contribution < 1.29 is 9.18 Å². The highest BCUT2D eigenvalue weighted by atomic mass is 32.2. The molecule has 1 amide bonds. The lowest BCUT2D eigenvalue weighted by atomic mass is 9.87. The van der Waals surface area contributed by atoms with E-state index in [1.54, 1.807) is 29.8 Å². The monoisotopic (exact) mass is 362 g/mol. The minimum atomic E-state index is -0.334. The number of hydrogen-bond acceptors (Lipinski definition) is 4. The Morgan fingerprint density at radius 2 is 2.00 bits per heavy atom. The minimum absolute atomic E-state index is 0.0139. The molecule has 2 aromatic rings. The fourth-order valence-electron chi connectivity index (χ4n) is 3.12. The molecule has 0 bridgehead atoms. The number of amides is 1. The summed E-state index contributed by atoms with van der Waals surface area (Å²) in [5, 5.41) is 11.9. The number of nitrogens with one attached hydrogen (secondary N) is 1. The molecule has 0 spiro atoms. The number of nitrogens with zero attached hydrogens (tertiary/aromatic N) is 3. The average Bonchev–Trinajstić information content (AvgIpc) is 2.96. The van der Waals surface area contributed by atoms with Gasteiger partial charge in [-0.1, -0.05) is 30.8 Å². The Labute approximate surface area is 151 Å². The largest absolute Gasteiger partial charge is 0.353 e. The fourth-order valence-corrected chi connectivity index (χ4v) is 3.84. The van der Waals surface area contributed by atoms with Crippen molar-refractivity contribution in [2.24, 2.45) is 13.0 Å². The summed E-state index contributed by atoms with van der Waals surface area (Å²) in [6.07, 6.45) is 4.46. The molecule has 0 saturated heterocycles. The molecule has 134 valence electrons. The van der Waals surface area contributed by atoms with Crippen molar-refractivity contribution in [2.45, 2.75) is 43.8 Å². The second-order valence-electron chi connectivity index (χ2n) is 6.66. The molecule has 1 fully saturated rings. The molecule has 5 nitrogen and oxygen atoms in total. The van der Waals surface area contributed by atoms with E-state index in [4.69, 9.17) is 0 Å². The Bertz CT molecular complexity index is 740. The summed E-state index contributed by atoms with van der Waals surface area (Å²) in [6.45, 7) is 2.26. The SMILES string of the molecule is CC1CCC(NC(=O)CSc2nnc(-c3ccccc3F)n2C)CC1. The maximum absolute atomic E-state index is 13.9. The number of benzene rings is 1. The van der Waals surface area contributed by atoms with Crippen LogP contribution >= 0.6 is 11.8 Å². The van der Waals surface area contributed by atoms with Crippen LogP contribution in [0.25, 0.3) is 11.4 Å². The fraction of sp³-hybridized carbons (Fsp3) is 0.500. The maximum Gasteiger partial charge on any atom is 0.230 e. The first-order valence-corrected chi connectivity index (χ1v) is 9.59. The molecule has 25 heavy (non-hydrogen) atoms. The number of thioether (sulfide) groups is 1. The molecule has 1 aliphatic rings. The van der Waals surface area contributed by atoms with Gasteiger partial charge in [0.1, 0.15) is 5.82 Å². The van der Waals surface area contributed by atoms with Gasteiger partial charge in [0.25, 0.3) is 0 Å².